The van der Waals surface area contributed by atoms with Crippen LogP contribution >= 0.6 is 11.8 Å². The van der Waals surface area contributed by atoms with Gasteiger partial charge in [0.15, 0.2) is 0 Å². The molecule has 0 aromatic heterocycles. The van der Waals surface area contributed by atoms with Crippen LogP contribution in [0.5, 0.6) is 11.5 Å². The molecule has 0 amide bonds. The Kier molecular flexibility index (Phi) is 6.43. The van der Waals surface area contributed by atoms with Crippen LogP contribution in [-0.2, 0) is 0 Å². The number of hydrogen-bond acceptors (Lipinski definition) is 4. The summed E-state index contributed by atoms with van der Waals surface area (Å²) in [5, 5.41) is 9.06. The molecule has 0 heterocycles. The SMILES string of the molecule is CCCOc1ccc(C(=O)O)c(OCCSC)c1. The van der Waals surface area contributed by atoms with Gasteiger partial charge in [-0.05, 0) is 24.8 Å². The van der Waals surface area contributed by atoms with E-state index in [1.807, 2.05) is 13.2 Å². The highest BCUT2D eigenvalue weighted by Gasteiger charge is 2.12. The van der Waals surface area contributed by atoms with Gasteiger partial charge in [-0.25, -0.2) is 4.79 Å². The summed E-state index contributed by atoms with van der Waals surface area (Å²) in [5.41, 5.74) is 0.167. The normalized spacial score (nSPS) is 10.1. The van der Waals surface area contributed by atoms with Crippen molar-refractivity contribution >= 4 is 17.7 Å². The molecular formula is C13H18O4S. The van der Waals surface area contributed by atoms with Gasteiger partial charge in [-0.2, -0.15) is 11.8 Å². The fraction of sp³-hybridized carbons (Fsp3) is 0.462. The first-order valence-electron chi connectivity index (χ1n) is 5.81. The second-order valence-corrected chi connectivity index (χ2v) is 4.64. The van der Waals surface area contributed by atoms with Crippen LogP contribution in [0.15, 0.2) is 18.2 Å². The van der Waals surface area contributed by atoms with Crippen LogP contribution in [0.1, 0.15) is 23.7 Å². The highest BCUT2D eigenvalue weighted by molar-refractivity contribution is 7.98. The largest absolute Gasteiger partial charge is 0.493 e. The monoisotopic (exact) mass is 270 g/mol. The highest BCUT2D eigenvalue weighted by atomic mass is 32.2. The van der Waals surface area contributed by atoms with E-state index in [-0.39, 0.29) is 5.56 Å². The fourth-order valence-electron chi connectivity index (χ4n) is 1.34. The number of benzene rings is 1. The lowest BCUT2D eigenvalue weighted by Crippen LogP contribution is -2.06. The predicted octanol–water partition coefficient (Wildman–Crippen LogP) is 2.92. The summed E-state index contributed by atoms with van der Waals surface area (Å²) in [7, 11) is 0. The molecule has 0 saturated heterocycles. The number of carbonyl (C=O) groups is 1. The van der Waals surface area contributed by atoms with Crippen molar-refractivity contribution in [2.24, 2.45) is 0 Å². The van der Waals surface area contributed by atoms with E-state index in [1.54, 1.807) is 23.9 Å². The van der Waals surface area contributed by atoms with Crippen molar-refractivity contribution < 1.29 is 19.4 Å². The summed E-state index contributed by atoms with van der Waals surface area (Å²) in [6.07, 6.45) is 2.88. The predicted molar refractivity (Wildman–Crippen MR) is 73.1 cm³/mol. The molecule has 18 heavy (non-hydrogen) atoms. The lowest BCUT2D eigenvalue weighted by atomic mass is 10.2. The molecule has 0 aliphatic heterocycles. The van der Waals surface area contributed by atoms with E-state index >= 15 is 0 Å². The Morgan fingerprint density at radius 2 is 2.11 bits per heavy atom. The van der Waals surface area contributed by atoms with E-state index in [0.29, 0.717) is 24.7 Å². The molecule has 1 aromatic rings. The summed E-state index contributed by atoms with van der Waals surface area (Å²) >= 11 is 1.65. The van der Waals surface area contributed by atoms with Crippen LogP contribution in [0, 0.1) is 0 Å². The van der Waals surface area contributed by atoms with E-state index in [0.717, 1.165) is 12.2 Å². The number of carboxylic acids is 1. The van der Waals surface area contributed by atoms with Gasteiger partial charge in [-0.1, -0.05) is 6.92 Å². The molecule has 0 unspecified atom stereocenters. The number of rotatable bonds is 8. The molecule has 1 N–H and O–H groups in total. The molecule has 0 fully saturated rings. The summed E-state index contributed by atoms with van der Waals surface area (Å²) in [6, 6.07) is 4.81. The standard InChI is InChI=1S/C13H18O4S/c1-3-6-16-10-4-5-11(13(14)15)12(9-10)17-7-8-18-2/h4-5,9H,3,6-8H2,1-2H3,(H,14,15). The average molecular weight is 270 g/mol. The van der Waals surface area contributed by atoms with Crippen LogP contribution in [0.2, 0.25) is 0 Å². The second-order valence-electron chi connectivity index (χ2n) is 3.65. The number of hydrogen-bond donors (Lipinski definition) is 1. The molecule has 1 rings (SSSR count). The van der Waals surface area contributed by atoms with E-state index in [1.165, 1.54) is 6.07 Å². The molecule has 4 nitrogen and oxygen atoms in total. The van der Waals surface area contributed by atoms with E-state index in [2.05, 4.69) is 0 Å². The molecule has 5 heteroatoms. The Bertz CT molecular complexity index is 393. The first-order chi connectivity index (χ1) is 8.69. The second kappa shape index (κ2) is 7.87. The van der Waals surface area contributed by atoms with Gasteiger partial charge in [0.2, 0.25) is 0 Å². The topological polar surface area (TPSA) is 55.8 Å². The maximum atomic E-state index is 11.1. The molecule has 100 valence electrons. The van der Waals surface area contributed by atoms with Gasteiger partial charge in [0.25, 0.3) is 0 Å². The van der Waals surface area contributed by atoms with Gasteiger partial charge >= 0.3 is 5.97 Å². The third kappa shape index (κ3) is 4.49. The number of aromatic carboxylic acids is 1. The van der Waals surface area contributed by atoms with Crippen LogP contribution in [0.3, 0.4) is 0 Å². The maximum Gasteiger partial charge on any atom is 0.339 e. The van der Waals surface area contributed by atoms with Crippen LogP contribution < -0.4 is 9.47 Å². The van der Waals surface area contributed by atoms with E-state index < -0.39 is 5.97 Å². The lowest BCUT2D eigenvalue weighted by molar-refractivity contribution is 0.0692. The van der Waals surface area contributed by atoms with Crippen molar-refractivity contribution in [3.63, 3.8) is 0 Å². The number of carboxylic acid groups (broad SMARTS) is 1. The van der Waals surface area contributed by atoms with Crippen molar-refractivity contribution in [2.45, 2.75) is 13.3 Å². The van der Waals surface area contributed by atoms with Crippen molar-refractivity contribution in [1.29, 1.82) is 0 Å². The number of ether oxygens (including phenoxy) is 2. The zero-order valence-electron chi connectivity index (χ0n) is 10.6. The smallest absolute Gasteiger partial charge is 0.339 e. The summed E-state index contributed by atoms with van der Waals surface area (Å²) < 4.78 is 10.9. The van der Waals surface area contributed by atoms with Crippen molar-refractivity contribution in [1.82, 2.24) is 0 Å². The third-order valence-electron chi connectivity index (χ3n) is 2.20. The average Bonchev–Trinajstić information content (AvgIpc) is 2.36. The molecule has 0 radical (unpaired) electrons. The molecule has 0 atom stereocenters. The minimum atomic E-state index is -0.990. The minimum absolute atomic E-state index is 0.167. The molecule has 0 spiro atoms. The molecule has 1 aromatic carbocycles. The van der Waals surface area contributed by atoms with Gasteiger partial charge in [-0.15, -0.1) is 0 Å². The van der Waals surface area contributed by atoms with Gasteiger partial charge in [-0.3, -0.25) is 0 Å². The quantitative estimate of drug-likeness (QED) is 0.736. The third-order valence-corrected chi connectivity index (χ3v) is 2.78. The first-order valence-corrected chi connectivity index (χ1v) is 7.20. The summed E-state index contributed by atoms with van der Waals surface area (Å²) in [4.78, 5) is 11.1. The Balaban J connectivity index is 2.82. The van der Waals surface area contributed by atoms with E-state index in [4.69, 9.17) is 14.6 Å². The molecule has 0 bridgehead atoms. The van der Waals surface area contributed by atoms with Crippen LogP contribution in [-0.4, -0.2) is 36.3 Å². The van der Waals surface area contributed by atoms with Gasteiger partial charge < -0.3 is 14.6 Å². The van der Waals surface area contributed by atoms with Gasteiger partial charge in [0, 0.05) is 11.8 Å². The summed E-state index contributed by atoms with van der Waals surface area (Å²) in [6.45, 7) is 3.11. The van der Waals surface area contributed by atoms with Crippen LogP contribution in [0.25, 0.3) is 0 Å². The summed E-state index contributed by atoms with van der Waals surface area (Å²) in [5.74, 6) is 0.835. The van der Waals surface area contributed by atoms with Gasteiger partial charge in [0.1, 0.15) is 17.1 Å². The van der Waals surface area contributed by atoms with Crippen molar-refractivity contribution in [3.8, 4) is 11.5 Å². The molecule has 0 aliphatic carbocycles. The van der Waals surface area contributed by atoms with Crippen LogP contribution in [0.4, 0.5) is 0 Å². The van der Waals surface area contributed by atoms with Gasteiger partial charge in [0.05, 0.1) is 13.2 Å². The molecule has 0 aliphatic rings. The highest BCUT2D eigenvalue weighted by Crippen LogP contribution is 2.25. The Labute approximate surface area is 111 Å². The zero-order valence-corrected chi connectivity index (χ0v) is 11.5. The Hall–Kier alpha value is -1.36. The van der Waals surface area contributed by atoms with Crippen molar-refractivity contribution in [3.05, 3.63) is 23.8 Å². The van der Waals surface area contributed by atoms with Crippen molar-refractivity contribution in [2.75, 3.05) is 25.2 Å². The lowest BCUT2D eigenvalue weighted by Gasteiger charge is -2.11. The fourth-order valence-corrected chi connectivity index (χ4v) is 1.59. The molecular weight excluding hydrogens is 252 g/mol. The zero-order chi connectivity index (χ0) is 13.4. The first kappa shape index (κ1) is 14.7. The maximum absolute atomic E-state index is 11.1. The van der Waals surface area contributed by atoms with E-state index in [9.17, 15) is 4.79 Å². The molecule has 0 saturated carbocycles. The minimum Gasteiger partial charge on any atom is -0.493 e. The Morgan fingerprint density at radius 1 is 1.33 bits per heavy atom. The Morgan fingerprint density at radius 3 is 2.72 bits per heavy atom. The number of thioether (sulfide) groups is 1.